The summed E-state index contributed by atoms with van der Waals surface area (Å²) in [4.78, 5) is 17.0. The number of rotatable bonds is 4. The maximum absolute atomic E-state index is 12.5. The zero-order valence-electron chi connectivity index (χ0n) is 15.5. The molecule has 27 heavy (non-hydrogen) atoms. The van der Waals surface area contributed by atoms with Crippen molar-refractivity contribution in [2.75, 3.05) is 5.32 Å². The number of amides is 1. The van der Waals surface area contributed by atoms with E-state index in [2.05, 4.69) is 32.6 Å². The summed E-state index contributed by atoms with van der Waals surface area (Å²) in [7, 11) is 1.80. The summed E-state index contributed by atoms with van der Waals surface area (Å²) in [5.41, 5.74) is 4.56. The standard InChI is InChI=1S/C20H20N6O/c1-13-11-17(25(3)23-13)22-18(27)12-26-20-19(14(2)24-26)16(9-10-21-20)15-7-5-4-6-8-15/h4-11H,12H2,1-3H3,(H,22,27). The molecule has 0 aliphatic carbocycles. The first-order valence-corrected chi connectivity index (χ1v) is 8.71. The Balaban J connectivity index is 1.67. The number of nitrogens with one attached hydrogen (secondary N) is 1. The van der Waals surface area contributed by atoms with E-state index >= 15 is 0 Å². The average Bonchev–Trinajstić information content (AvgIpc) is 3.14. The number of anilines is 1. The van der Waals surface area contributed by atoms with E-state index < -0.39 is 0 Å². The van der Waals surface area contributed by atoms with Crippen LogP contribution in [0.3, 0.4) is 0 Å². The van der Waals surface area contributed by atoms with Gasteiger partial charge in [-0.15, -0.1) is 0 Å². The Labute approximate surface area is 156 Å². The number of aromatic nitrogens is 5. The third kappa shape index (κ3) is 3.19. The average molecular weight is 360 g/mol. The first-order valence-electron chi connectivity index (χ1n) is 8.71. The van der Waals surface area contributed by atoms with Crippen molar-refractivity contribution in [2.45, 2.75) is 20.4 Å². The molecule has 0 aliphatic rings. The van der Waals surface area contributed by atoms with Crippen LogP contribution < -0.4 is 5.32 Å². The van der Waals surface area contributed by atoms with Crippen molar-refractivity contribution >= 4 is 22.8 Å². The molecular weight excluding hydrogens is 340 g/mol. The van der Waals surface area contributed by atoms with Crippen LogP contribution in [0.2, 0.25) is 0 Å². The Morgan fingerprint density at radius 3 is 2.59 bits per heavy atom. The van der Waals surface area contributed by atoms with Crippen LogP contribution >= 0.6 is 0 Å². The molecule has 0 radical (unpaired) electrons. The molecule has 3 aromatic heterocycles. The molecule has 0 saturated heterocycles. The van der Waals surface area contributed by atoms with Crippen LogP contribution in [0.15, 0.2) is 48.7 Å². The Kier molecular flexibility index (Phi) is 4.19. The lowest BCUT2D eigenvalue weighted by atomic mass is 10.0. The monoisotopic (exact) mass is 360 g/mol. The third-order valence-corrected chi connectivity index (χ3v) is 4.46. The van der Waals surface area contributed by atoms with Crippen LogP contribution in [0, 0.1) is 13.8 Å². The molecule has 136 valence electrons. The molecule has 4 aromatic rings. The van der Waals surface area contributed by atoms with Gasteiger partial charge >= 0.3 is 0 Å². The van der Waals surface area contributed by atoms with Crippen LogP contribution in [0.25, 0.3) is 22.2 Å². The number of pyridine rings is 1. The predicted molar refractivity (Wildman–Crippen MR) is 104 cm³/mol. The second kappa shape index (κ2) is 6.68. The van der Waals surface area contributed by atoms with Crippen LogP contribution in [0.1, 0.15) is 11.4 Å². The molecule has 7 heteroatoms. The SMILES string of the molecule is Cc1cc(NC(=O)Cn2nc(C)c3c(-c4ccccc4)ccnc32)n(C)n1. The zero-order valence-corrected chi connectivity index (χ0v) is 15.5. The molecule has 0 aliphatic heterocycles. The van der Waals surface area contributed by atoms with E-state index in [1.165, 1.54) is 0 Å². The van der Waals surface area contributed by atoms with Gasteiger partial charge in [-0.3, -0.25) is 9.48 Å². The van der Waals surface area contributed by atoms with Gasteiger partial charge in [0.15, 0.2) is 5.65 Å². The normalized spacial score (nSPS) is 11.1. The zero-order chi connectivity index (χ0) is 19.0. The van der Waals surface area contributed by atoms with Gasteiger partial charge in [0.1, 0.15) is 12.4 Å². The molecule has 1 aromatic carbocycles. The van der Waals surface area contributed by atoms with E-state index in [1.807, 2.05) is 44.2 Å². The maximum Gasteiger partial charge on any atom is 0.247 e. The highest BCUT2D eigenvalue weighted by Crippen LogP contribution is 2.29. The first-order chi connectivity index (χ1) is 13.0. The van der Waals surface area contributed by atoms with Crippen molar-refractivity contribution in [3.8, 4) is 11.1 Å². The fraction of sp³-hybridized carbons (Fsp3) is 0.200. The third-order valence-electron chi connectivity index (χ3n) is 4.46. The second-order valence-electron chi connectivity index (χ2n) is 6.51. The quantitative estimate of drug-likeness (QED) is 0.607. The molecule has 7 nitrogen and oxygen atoms in total. The highest BCUT2D eigenvalue weighted by Gasteiger charge is 2.16. The van der Waals surface area contributed by atoms with Gasteiger partial charge in [0.2, 0.25) is 5.91 Å². The Hall–Kier alpha value is -3.48. The highest BCUT2D eigenvalue weighted by molar-refractivity contribution is 5.96. The molecule has 0 atom stereocenters. The lowest BCUT2D eigenvalue weighted by molar-refractivity contribution is -0.116. The van der Waals surface area contributed by atoms with Crippen LogP contribution in [-0.4, -0.2) is 30.5 Å². The summed E-state index contributed by atoms with van der Waals surface area (Å²) in [5, 5.41) is 12.6. The lowest BCUT2D eigenvalue weighted by Crippen LogP contribution is -2.21. The van der Waals surface area contributed by atoms with Gasteiger partial charge in [0.05, 0.1) is 11.4 Å². The smallest absolute Gasteiger partial charge is 0.247 e. The van der Waals surface area contributed by atoms with Gasteiger partial charge < -0.3 is 5.32 Å². The number of fused-ring (bicyclic) bond motifs is 1. The molecule has 0 saturated carbocycles. The molecule has 0 spiro atoms. The van der Waals surface area contributed by atoms with Gasteiger partial charge in [-0.2, -0.15) is 10.2 Å². The number of hydrogen-bond acceptors (Lipinski definition) is 4. The summed E-state index contributed by atoms with van der Waals surface area (Å²) in [6.45, 7) is 3.91. The Morgan fingerprint density at radius 1 is 1.11 bits per heavy atom. The minimum atomic E-state index is -0.172. The molecular formula is C20H20N6O. The van der Waals surface area contributed by atoms with Crippen LogP contribution in [-0.2, 0) is 18.4 Å². The minimum Gasteiger partial charge on any atom is -0.309 e. The van der Waals surface area contributed by atoms with Gasteiger partial charge in [-0.1, -0.05) is 30.3 Å². The van der Waals surface area contributed by atoms with Crippen molar-refractivity contribution in [3.05, 3.63) is 60.0 Å². The summed E-state index contributed by atoms with van der Waals surface area (Å²) < 4.78 is 3.29. The Bertz CT molecular complexity index is 1130. The summed E-state index contributed by atoms with van der Waals surface area (Å²) in [6, 6.07) is 13.9. The van der Waals surface area contributed by atoms with Gasteiger partial charge in [-0.25, -0.2) is 9.67 Å². The van der Waals surface area contributed by atoms with E-state index in [9.17, 15) is 4.79 Å². The van der Waals surface area contributed by atoms with Crippen molar-refractivity contribution in [1.82, 2.24) is 24.5 Å². The Morgan fingerprint density at radius 2 is 1.89 bits per heavy atom. The van der Waals surface area contributed by atoms with Crippen molar-refractivity contribution in [3.63, 3.8) is 0 Å². The minimum absolute atomic E-state index is 0.0831. The fourth-order valence-electron chi connectivity index (χ4n) is 3.30. The molecule has 0 unspecified atom stereocenters. The van der Waals surface area contributed by atoms with E-state index in [0.717, 1.165) is 27.9 Å². The van der Waals surface area contributed by atoms with Crippen LogP contribution in [0.4, 0.5) is 5.82 Å². The van der Waals surface area contributed by atoms with E-state index in [1.54, 1.807) is 22.6 Å². The highest BCUT2D eigenvalue weighted by atomic mass is 16.2. The van der Waals surface area contributed by atoms with Crippen molar-refractivity contribution in [1.29, 1.82) is 0 Å². The van der Waals surface area contributed by atoms with Gasteiger partial charge in [-0.05, 0) is 31.0 Å². The number of benzene rings is 1. The van der Waals surface area contributed by atoms with Gasteiger partial charge in [0, 0.05) is 24.7 Å². The number of carbonyl (C=O) groups is 1. The molecule has 1 N–H and O–H groups in total. The molecule has 0 fully saturated rings. The topological polar surface area (TPSA) is 77.6 Å². The summed E-state index contributed by atoms with van der Waals surface area (Å²) >= 11 is 0. The second-order valence-corrected chi connectivity index (χ2v) is 6.51. The first kappa shape index (κ1) is 17.0. The fourth-order valence-corrected chi connectivity index (χ4v) is 3.30. The molecule has 1 amide bonds. The van der Waals surface area contributed by atoms with Crippen molar-refractivity contribution < 1.29 is 4.79 Å². The lowest BCUT2D eigenvalue weighted by Gasteiger charge is -2.07. The van der Waals surface area contributed by atoms with Gasteiger partial charge in [0.25, 0.3) is 0 Å². The van der Waals surface area contributed by atoms with E-state index in [4.69, 9.17) is 0 Å². The molecule has 0 bridgehead atoms. The summed E-state index contributed by atoms with van der Waals surface area (Å²) in [5.74, 6) is 0.484. The summed E-state index contributed by atoms with van der Waals surface area (Å²) in [6.07, 6.45) is 1.75. The number of hydrogen-bond donors (Lipinski definition) is 1. The number of aryl methyl sites for hydroxylation is 3. The maximum atomic E-state index is 12.5. The largest absolute Gasteiger partial charge is 0.309 e. The van der Waals surface area contributed by atoms with Crippen molar-refractivity contribution in [2.24, 2.45) is 7.05 Å². The number of carbonyl (C=O) groups excluding carboxylic acids is 1. The number of nitrogens with zero attached hydrogens (tertiary/aromatic N) is 5. The predicted octanol–water partition coefficient (Wildman–Crippen LogP) is 3.09. The molecule has 3 heterocycles. The molecule has 4 rings (SSSR count). The van der Waals surface area contributed by atoms with E-state index in [-0.39, 0.29) is 12.5 Å². The van der Waals surface area contributed by atoms with Crippen LogP contribution in [0.5, 0.6) is 0 Å². The van der Waals surface area contributed by atoms with E-state index in [0.29, 0.717) is 11.5 Å².